The third-order valence-electron chi connectivity index (χ3n) is 4.40. The van der Waals surface area contributed by atoms with E-state index in [9.17, 15) is 23.2 Å². The van der Waals surface area contributed by atoms with E-state index in [4.69, 9.17) is 46.4 Å². The van der Waals surface area contributed by atoms with Gasteiger partial charge in [-0.2, -0.15) is 8.42 Å². The topological polar surface area (TPSA) is 94.8 Å². The third kappa shape index (κ3) is 3.65. The van der Waals surface area contributed by atoms with Gasteiger partial charge in [0.2, 0.25) is 0 Å². The monoisotopic (exact) mass is 492 g/mol. The minimum atomic E-state index is -5.09. The van der Waals surface area contributed by atoms with Crippen molar-refractivity contribution in [2.45, 2.75) is 4.75 Å². The Bertz CT molecular complexity index is 1210. The second-order valence-corrected chi connectivity index (χ2v) is 9.28. The van der Waals surface area contributed by atoms with Gasteiger partial charge in [0.1, 0.15) is 16.5 Å². The van der Waals surface area contributed by atoms with Gasteiger partial charge in [0.15, 0.2) is 4.75 Å². The summed E-state index contributed by atoms with van der Waals surface area (Å²) >= 11 is 24.3. The second-order valence-electron chi connectivity index (χ2n) is 6.09. The summed E-state index contributed by atoms with van der Waals surface area (Å²) in [5.74, 6) is -0.952. The Hall–Kier alpha value is -1.67. The van der Waals surface area contributed by atoms with Crippen molar-refractivity contribution < 1.29 is 23.2 Å². The van der Waals surface area contributed by atoms with Gasteiger partial charge in [-0.25, -0.2) is 0 Å². The molecule has 0 aliphatic carbocycles. The molecule has 3 rings (SSSR count). The zero-order chi connectivity index (χ0) is 21.6. The summed E-state index contributed by atoms with van der Waals surface area (Å²) in [7, 11) is -5.09. The normalized spacial score (nSPS) is 13.8. The molecule has 10 heteroatoms. The lowest BCUT2D eigenvalue weighted by molar-refractivity contribution is 0.439. The van der Waals surface area contributed by atoms with Gasteiger partial charge in [0, 0.05) is 21.2 Å². The van der Waals surface area contributed by atoms with Crippen LogP contribution in [0, 0.1) is 0 Å². The molecule has 0 aliphatic rings. The van der Waals surface area contributed by atoms with Crippen molar-refractivity contribution in [3.8, 4) is 11.5 Å². The van der Waals surface area contributed by atoms with Crippen LogP contribution in [0.3, 0.4) is 0 Å². The summed E-state index contributed by atoms with van der Waals surface area (Å²) in [6.07, 6.45) is 0. The third-order valence-corrected chi connectivity index (χ3v) is 7.19. The van der Waals surface area contributed by atoms with Crippen LogP contribution in [0.15, 0.2) is 54.6 Å². The molecule has 0 heterocycles. The molecule has 0 amide bonds. The van der Waals surface area contributed by atoms with Crippen molar-refractivity contribution in [3.05, 3.63) is 91.4 Å². The zero-order valence-electron chi connectivity index (χ0n) is 14.3. The van der Waals surface area contributed by atoms with Gasteiger partial charge in [-0.05, 0) is 35.9 Å². The molecule has 0 aromatic heterocycles. The van der Waals surface area contributed by atoms with Crippen LogP contribution in [0.2, 0.25) is 20.1 Å². The highest BCUT2D eigenvalue weighted by molar-refractivity contribution is 7.87. The smallest absolute Gasteiger partial charge is 0.283 e. The minimum absolute atomic E-state index is 0.0322. The van der Waals surface area contributed by atoms with Crippen LogP contribution >= 0.6 is 46.4 Å². The van der Waals surface area contributed by atoms with E-state index in [1.165, 1.54) is 48.5 Å². The van der Waals surface area contributed by atoms with Crippen LogP contribution in [0.1, 0.15) is 16.7 Å². The van der Waals surface area contributed by atoms with Crippen molar-refractivity contribution in [3.63, 3.8) is 0 Å². The first-order valence-electron chi connectivity index (χ1n) is 7.89. The maximum absolute atomic E-state index is 12.9. The molecule has 5 nitrogen and oxygen atoms in total. The van der Waals surface area contributed by atoms with Gasteiger partial charge in [0.05, 0.1) is 5.02 Å². The first-order valence-corrected chi connectivity index (χ1v) is 10.8. The molecule has 0 aliphatic heterocycles. The minimum Gasteiger partial charge on any atom is -0.508 e. The summed E-state index contributed by atoms with van der Waals surface area (Å²) in [4.78, 5) is 0. The van der Waals surface area contributed by atoms with E-state index < -0.39 is 20.6 Å². The molecule has 0 fully saturated rings. The lowest BCUT2D eigenvalue weighted by Crippen LogP contribution is -2.38. The zero-order valence-corrected chi connectivity index (χ0v) is 18.1. The molecule has 0 bridgehead atoms. The molecule has 1 unspecified atom stereocenters. The predicted octanol–water partition coefficient (Wildman–Crippen LogP) is 5.89. The van der Waals surface area contributed by atoms with Crippen molar-refractivity contribution in [1.29, 1.82) is 0 Å². The van der Waals surface area contributed by atoms with Crippen LogP contribution in [0.4, 0.5) is 0 Å². The number of phenols is 2. The SMILES string of the molecule is O=S(=O)(O)C(c1cccc(O)c1)(c1ccc(Cl)cc1Cl)c1ccc(Cl)c(Cl)c1O. The molecule has 0 saturated heterocycles. The molecular weight excluding hydrogens is 482 g/mol. The van der Waals surface area contributed by atoms with Gasteiger partial charge in [-0.3, -0.25) is 4.55 Å². The summed E-state index contributed by atoms with van der Waals surface area (Å²) in [6.45, 7) is 0. The van der Waals surface area contributed by atoms with Gasteiger partial charge < -0.3 is 10.2 Å². The first kappa shape index (κ1) is 22.0. The highest BCUT2D eigenvalue weighted by atomic mass is 35.5. The first-order chi connectivity index (χ1) is 13.5. The quantitative estimate of drug-likeness (QED) is 0.311. The number of rotatable bonds is 4. The largest absolute Gasteiger partial charge is 0.508 e. The van der Waals surface area contributed by atoms with Gasteiger partial charge >= 0.3 is 0 Å². The van der Waals surface area contributed by atoms with Gasteiger partial charge in [-0.1, -0.05) is 70.7 Å². The van der Waals surface area contributed by atoms with E-state index in [1.54, 1.807) is 0 Å². The molecule has 0 saturated carbocycles. The maximum Gasteiger partial charge on any atom is 0.283 e. The van der Waals surface area contributed by atoms with E-state index in [1.807, 2.05) is 0 Å². The Morgan fingerprint density at radius 2 is 1.45 bits per heavy atom. The van der Waals surface area contributed by atoms with Crippen LogP contribution in [-0.4, -0.2) is 23.2 Å². The average molecular weight is 494 g/mol. The van der Waals surface area contributed by atoms with E-state index in [0.717, 1.165) is 6.07 Å². The van der Waals surface area contributed by atoms with Crippen LogP contribution in [0.5, 0.6) is 11.5 Å². The molecule has 0 spiro atoms. The molecule has 3 aromatic rings. The summed E-state index contributed by atoms with van der Waals surface area (Å²) in [5, 5.41) is 20.4. The fraction of sp³-hybridized carbons (Fsp3) is 0.0526. The Balaban J connectivity index is 2.61. The summed E-state index contributed by atoms with van der Waals surface area (Å²) in [5.41, 5.74) is -0.535. The molecule has 3 aromatic carbocycles. The summed E-state index contributed by atoms with van der Waals surface area (Å²) in [6, 6.07) is 11.6. The number of aromatic hydroxyl groups is 2. The van der Waals surface area contributed by atoms with Crippen molar-refractivity contribution in [1.82, 2.24) is 0 Å². The van der Waals surface area contributed by atoms with E-state index in [-0.39, 0.29) is 42.5 Å². The van der Waals surface area contributed by atoms with E-state index >= 15 is 0 Å². The van der Waals surface area contributed by atoms with Crippen molar-refractivity contribution in [2.24, 2.45) is 0 Å². The summed E-state index contributed by atoms with van der Waals surface area (Å²) < 4.78 is 33.9. The van der Waals surface area contributed by atoms with Crippen molar-refractivity contribution in [2.75, 3.05) is 0 Å². The van der Waals surface area contributed by atoms with E-state index in [0.29, 0.717) is 0 Å². The molecule has 152 valence electrons. The Kier molecular flexibility index (Phi) is 5.98. The lowest BCUT2D eigenvalue weighted by atomic mass is 9.83. The maximum atomic E-state index is 12.9. The number of hydrogen-bond acceptors (Lipinski definition) is 4. The highest BCUT2D eigenvalue weighted by Gasteiger charge is 2.51. The molecule has 3 N–H and O–H groups in total. The molecular formula is C19H12Cl4O5S. The van der Waals surface area contributed by atoms with Crippen LogP contribution in [0.25, 0.3) is 0 Å². The Morgan fingerprint density at radius 3 is 2.03 bits per heavy atom. The molecule has 1 atom stereocenters. The Morgan fingerprint density at radius 1 is 0.793 bits per heavy atom. The van der Waals surface area contributed by atoms with Crippen LogP contribution < -0.4 is 0 Å². The Labute approximate surface area is 186 Å². The van der Waals surface area contributed by atoms with E-state index in [2.05, 4.69) is 0 Å². The number of halogens is 4. The number of benzene rings is 3. The second kappa shape index (κ2) is 7.87. The molecule has 0 radical (unpaired) electrons. The molecule has 29 heavy (non-hydrogen) atoms. The fourth-order valence-electron chi connectivity index (χ4n) is 3.21. The van der Waals surface area contributed by atoms with Crippen LogP contribution in [-0.2, 0) is 14.9 Å². The number of phenolic OH excluding ortho intramolecular Hbond substituents is 2. The van der Waals surface area contributed by atoms with Gasteiger partial charge in [-0.15, -0.1) is 0 Å². The predicted molar refractivity (Wildman–Crippen MR) is 114 cm³/mol. The van der Waals surface area contributed by atoms with Crippen molar-refractivity contribution >= 4 is 56.5 Å². The number of hydrogen-bond donors (Lipinski definition) is 3. The standard InChI is InChI=1S/C19H12Cl4O5S/c20-11-4-5-13(16(22)9-11)19(29(26,27)28,10-2-1-3-12(24)8-10)14-6-7-15(21)17(23)18(14)25/h1-9,24-25H,(H,26,27,28). The van der Waals surface area contributed by atoms with Gasteiger partial charge in [0.25, 0.3) is 10.1 Å². The highest BCUT2D eigenvalue weighted by Crippen LogP contribution is 2.52. The fourth-order valence-corrected chi connectivity index (χ4v) is 5.45. The average Bonchev–Trinajstić information content (AvgIpc) is 2.62. The lowest BCUT2D eigenvalue weighted by Gasteiger charge is -2.34.